The minimum Gasteiger partial charge on any atom is -0.336 e. The number of carbonyl (C=O) groups is 1. The van der Waals surface area contributed by atoms with Gasteiger partial charge in [-0.3, -0.25) is 4.79 Å². The monoisotopic (exact) mass is 217 g/mol. The van der Waals surface area contributed by atoms with Gasteiger partial charge in [0.1, 0.15) is 0 Å². The van der Waals surface area contributed by atoms with E-state index in [0.29, 0.717) is 6.04 Å². The summed E-state index contributed by atoms with van der Waals surface area (Å²) >= 11 is 0. The summed E-state index contributed by atoms with van der Waals surface area (Å²) in [7, 11) is 0. The van der Waals surface area contributed by atoms with E-state index >= 15 is 0 Å². The summed E-state index contributed by atoms with van der Waals surface area (Å²) in [6.45, 7) is 7.08. The first kappa shape index (κ1) is 11.2. The smallest absolute Gasteiger partial charge is 0.254 e. The molecule has 2 heteroatoms. The lowest BCUT2D eigenvalue weighted by Crippen LogP contribution is -2.34. The van der Waals surface area contributed by atoms with Crippen LogP contribution in [-0.4, -0.2) is 23.4 Å². The quantitative estimate of drug-likeness (QED) is 0.708. The van der Waals surface area contributed by atoms with Gasteiger partial charge in [-0.15, -0.1) is 0 Å². The largest absolute Gasteiger partial charge is 0.336 e. The Morgan fingerprint density at radius 3 is 2.75 bits per heavy atom. The molecule has 16 heavy (non-hydrogen) atoms. The van der Waals surface area contributed by atoms with Crippen molar-refractivity contribution < 1.29 is 4.79 Å². The summed E-state index contributed by atoms with van der Waals surface area (Å²) in [6, 6.07) is 6.48. The van der Waals surface area contributed by atoms with Crippen LogP contribution in [0.5, 0.6) is 0 Å². The van der Waals surface area contributed by atoms with Crippen molar-refractivity contribution in [1.82, 2.24) is 4.90 Å². The molecule has 1 aliphatic heterocycles. The van der Waals surface area contributed by atoms with Crippen LogP contribution in [0.15, 0.2) is 18.2 Å². The maximum absolute atomic E-state index is 12.4. The van der Waals surface area contributed by atoms with E-state index in [1.165, 1.54) is 0 Å². The first-order valence-corrected chi connectivity index (χ1v) is 5.98. The second kappa shape index (κ2) is 4.28. The molecule has 1 amide bonds. The molecule has 1 unspecified atom stereocenters. The Balaban J connectivity index is 2.29. The van der Waals surface area contributed by atoms with Crippen LogP contribution in [0.1, 0.15) is 41.3 Å². The van der Waals surface area contributed by atoms with Crippen molar-refractivity contribution in [3.8, 4) is 0 Å². The van der Waals surface area contributed by atoms with Crippen LogP contribution in [0.3, 0.4) is 0 Å². The summed E-state index contributed by atoms with van der Waals surface area (Å²) in [4.78, 5) is 14.4. The van der Waals surface area contributed by atoms with Gasteiger partial charge < -0.3 is 4.90 Å². The fourth-order valence-electron chi connectivity index (χ4n) is 2.36. The zero-order valence-corrected chi connectivity index (χ0v) is 10.3. The Labute approximate surface area is 97.3 Å². The van der Waals surface area contributed by atoms with E-state index in [4.69, 9.17) is 0 Å². The molecule has 1 heterocycles. The zero-order valence-electron chi connectivity index (χ0n) is 10.3. The minimum atomic E-state index is 0.200. The van der Waals surface area contributed by atoms with Crippen LogP contribution in [0.4, 0.5) is 0 Å². The Morgan fingerprint density at radius 2 is 2.12 bits per heavy atom. The molecule has 0 aliphatic carbocycles. The first-order chi connectivity index (χ1) is 7.59. The molecule has 0 aromatic heterocycles. The van der Waals surface area contributed by atoms with Crippen LogP contribution >= 0.6 is 0 Å². The van der Waals surface area contributed by atoms with Gasteiger partial charge in [0.25, 0.3) is 5.91 Å². The summed E-state index contributed by atoms with van der Waals surface area (Å²) in [5.74, 6) is 0.200. The van der Waals surface area contributed by atoms with E-state index in [1.54, 1.807) is 0 Å². The standard InChI is InChI=1S/C14H19NO/c1-10-6-7-11(2)13(9-10)14(16)15-8-4-5-12(15)3/h6-7,9,12H,4-5,8H2,1-3H3. The van der Waals surface area contributed by atoms with E-state index in [9.17, 15) is 4.79 Å². The van der Waals surface area contributed by atoms with Crippen molar-refractivity contribution in [3.05, 3.63) is 34.9 Å². The van der Waals surface area contributed by atoms with Crippen molar-refractivity contribution in [2.45, 2.75) is 39.7 Å². The number of rotatable bonds is 1. The van der Waals surface area contributed by atoms with Gasteiger partial charge >= 0.3 is 0 Å². The van der Waals surface area contributed by atoms with Crippen molar-refractivity contribution in [2.24, 2.45) is 0 Å². The molecule has 1 fully saturated rings. The third kappa shape index (κ3) is 1.97. The predicted octanol–water partition coefficient (Wildman–Crippen LogP) is 2.93. The summed E-state index contributed by atoms with van der Waals surface area (Å²) in [6.07, 6.45) is 2.27. The summed E-state index contributed by atoms with van der Waals surface area (Å²) in [5.41, 5.74) is 3.10. The van der Waals surface area contributed by atoms with Crippen molar-refractivity contribution in [3.63, 3.8) is 0 Å². The Hall–Kier alpha value is -1.31. The molecule has 2 nitrogen and oxygen atoms in total. The van der Waals surface area contributed by atoms with Gasteiger partial charge in [0, 0.05) is 18.2 Å². The molecule has 0 N–H and O–H groups in total. The van der Waals surface area contributed by atoms with Gasteiger partial charge in [-0.1, -0.05) is 17.7 Å². The molecule has 1 aliphatic rings. The average Bonchev–Trinajstić information content (AvgIpc) is 2.67. The van der Waals surface area contributed by atoms with Crippen molar-refractivity contribution in [1.29, 1.82) is 0 Å². The van der Waals surface area contributed by atoms with E-state index < -0.39 is 0 Å². The van der Waals surface area contributed by atoms with Gasteiger partial charge in [0.2, 0.25) is 0 Å². The molecular weight excluding hydrogens is 198 g/mol. The Kier molecular flexibility index (Phi) is 2.99. The highest BCUT2D eigenvalue weighted by Gasteiger charge is 2.26. The van der Waals surface area contributed by atoms with Crippen LogP contribution < -0.4 is 0 Å². The van der Waals surface area contributed by atoms with Gasteiger partial charge in [0.05, 0.1) is 0 Å². The maximum Gasteiger partial charge on any atom is 0.254 e. The number of hydrogen-bond donors (Lipinski definition) is 0. The van der Waals surface area contributed by atoms with E-state index in [-0.39, 0.29) is 5.91 Å². The third-order valence-electron chi connectivity index (χ3n) is 3.44. The van der Waals surface area contributed by atoms with Crippen LogP contribution in [0.2, 0.25) is 0 Å². The summed E-state index contributed by atoms with van der Waals surface area (Å²) in [5, 5.41) is 0. The fraction of sp³-hybridized carbons (Fsp3) is 0.500. The third-order valence-corrected chi connectivity index (χ3v) is 3.44. The van der Waals surface area contributed by atoms with Gasteiger partial charge in [-0.25, -0.2) is 0 Å². The van der Waals surface area contributed by atoms with Crippen molar-refractivity contribution in [2.75, 3.05) is 6.54 Å². The number of carbonyl (C=O) groups excluding carboxylic acids is 1. The lowest BCUT2D eigenvalue weighted by molar-refractivity contribution is 0.0746. The molecule has 86 valence electrons. The lowest BCUT2D eigenvalue weighted by atomic mass is 10.0. The molecule has 1 saturated heterocycles. The van der Waals surface area contributed by atoms with Gasteiger partial charge in [-0.2, -0.15) is 0 Å². The topological polar surface area (TPSA) is 20.3 Å². The highest BCUT2D eigenvalue weighted by atomic mass is 16.2. The molecule has 0 radical (unpaired) electrons. The maximum atomic E-state index is 12.4. The number of likely N-dealkylation sites (tertiary alicyclic amines) is 1. The minimum absolute atomic E-state index is 0.200. The van der Waals surface area contributed by atoms with E-state index in [0.717, 1.165) is 36.1 Å². The normalized spacial score (nSPS) is 20.2. The molecule has 0 bridgehead atoms. The van der Waals surface area contributed by atoms with Gasteiger partial charge in [0.15, 0.2) is 0 Å². The molecule has 1 aromatic rings. The van der Waals surface area contributed by atoms with Crippen molar-refractivity contribution >= 4 is 5.91 Å². The van der Waals surface area contributed by atoms with Crippen LogP contribution in [0.25, 0.3) is 0 Å². The number of benzene rings is 1. The highest BCUT2D eigenvalue weighted by Crippen LogP contribution is 2.21. The van der Waals surface area contributed by atoms with Gasteiger partial charge in [-0.05, 0) is 45.2 Å². The predicted molar refractivity (Wildman–Crippen MR) is 65.6 cm³/mol. The number of aryl methyl sites for hydroxylation is 2. The SMILES string of the molecule is Cc1ccc(C)c(C(=O)N2CCCC2C)c1. The van der Waals surface area contributed by atoms with E-state index in [2.05, 4.69) is 13.0 Å². The zero-order chi connectivity index (χ0) is 11.7. The molecule has 1 aromatic carbocycles. The molecular formula is C14H19NO. The molecule has 1 atom stereocenters. The number of nitrogens with zero attached hydrogens (tertiary/aromatic N) is 1. The Morgan fingerprint density at radius 1 is 1.38 bits per heavy atom. The molecule has 0 saturated carbocycles. The average molecular weight is 217 g/mol. The van der Waals surface area contributed by atoms with E-state index in [1.807, 2.05) is 30.9 Å². The lowest BCUT2D eigenvalue weighted by Gasteiger charge is -2.22. The van der Waals surface area contributed by atoms with Crippen LogP contribution in [-0.2, 0) is 0 Å². The fourth-order valence-corrected chi connectivity index (χ4v) is 2.36. The second-order valence-electron chi connectivity index (χ2n) is 4.81. The second-order valence-corrected chi connectivity index (χ2v) is 4.81. The highest BCUT2D eigenvalue weighted by molar-refractivity contribution is 5.96. The Bertz CT molecular complexity index is 411. The van der Waals surface area contributed by atoms with Crippen LogP contribution in [0, 0.1) is 13.8 Å². The first-order valence-electron chi connectivity index (χ1n) is 5.98. The number of hydrogen-bond acceptors (Lipinski definition) is 1. The molecule has 2 rings (SSSR count). The number of amides is 1. The summed E-state index contributed by atoms with van der Waals surface area (Å²) < 4.78 is 0. The molecule has 0 spiro atoms.